The molecule has 0 amide bonds. The Morgan fingerprint density at radius 3 is 2.25 bits per heavy atom. The summed E-state index contributed by atoms with van der Waals surface area (Å²) in [5, 5.41) is 0. The van der Waals surface area contributed by atoms with Crippen LogP contribution in [0.1, 0.15) is 31.9 Å². The molecule has 2 aliphatic rings. The number of anilines is 2. The number of aryl methyl sites for hydroxylation is 1. The van der Waals surface area contributed by atoms with Gasteiger partial charge in [0.15, 0.2) is 0 Å². The highest BCUT2D eigenvalue weighted by Gasteiger charge is 2.27. The van der Waals surface area contributed by atoms with E-state index in [9.17, 15) is 8.42 Å². The molecule has 2 fully saturated rings. The van der Waals surface area contributed by atoms with Crippen molar-refractivity contribution in [2.75, 3.05) is 54.8 Å². The molecule has 0 aliphatic carbocycles. The van der Waals surface area contributed by atoms with Crippen LogP contribution in [0.2, 0.25) is 0 Å². The first-order valence-corrected chi connectivity index (χ1v) is 10.4. The molecular weight excluding hydrogens is 326 g/mol. The van der Waals surface area contributed by atoms with Crippen molar-refractivity contribution in [2.45, 2.75) is 33.1 Å². The van der Waals surface area contributed by atoms with Gasteiger partial charge in [-0.3, -0.25) is 0 Å². The molecule has 0 spiro atoms. The van der Waals surface area contributed by atoms with Crippen LogP contribution in [-0.2, 0) is 10.0 Å². The van der Waals surface area contributed by atoms with Crippen molar-refractivity contribution in [1.82, 2.24) is 14.3 Å². The molecule has 3 rings (SSSR count). The highest BCUT2D eigenvalue weighted by molar-refractivity contribution is 7.89. The lowest BCUT2D eigenvalue weighted by Crippen LogP contribution is -2.49. The molecule has 0 N–H and O–H groups in total. The molecule has 0 unspecified atom stereocenters. The summed E-state index contributed by atoms with van der Waals surface area (Å²) in [4.78, 5) is 13.8. The van der Waals surface area contributed by atoms with E-state index in [-0.39, 0.29) is 5.75 Å². The fourth-order valence-corrected chi connectivity index (χ4v) is 4.40. The van der Waals surface area contributed by atoms with E-state index in [0.717, 1.165) is 30.5 Å². The predicted molar refractivity (Wildman–Crippen MR) is 96.1 cm³/mol. The second-order valence-electron chi connectivity index (χ2n) is 6.50. The van der Waals surface area contributed by atoms with Gasteiger partial charge >= 0.3 is 0 Å². The second-order valence-corrected chi connectivity index (χ2v) is 8.76. The first-order chi connectivity index (χ1) is 11.5. The maximum absolute atomic E-state index is 12.0. The van der Waals surface area contributed by atoms with Crippen LogP contribution < -0.4 is 9.80 Å². The van der Waals surface area contributed by atoms with Gasteiger partial charge in [-0.2, -0.15) is 9.29 Å². The van der Waals surface area contributed by atoms with Crippen LogP contribution in [0.4, 0.5) is 11.8 Å². The SMILES string of the molecule is CCS(=O)(=O)N1CCN(c2nc(C)cc(N3CCCCC3)n2)CC1. The van der Waals surface area contributed by atoms with Crippen molar-refractivity contribution in [2.24, 2.45) is 0 Å². The molecule has 1 aromatic rings. The minimum Gasteiger partial charge on any atom is -0.356 e. The summed E-state index contributed by atoms with van der Waals surface area (Å²) in [6.45, 7) is 8.09. The average molecular weight is 353 g/mol. The summed E-state index contributed by atoms with van der Waals surface area (Å²) in [6, 6.07) is 2.05. The molecule has 2 saturated heterocycles. The first kappa shape index (κ1) is 17.4. The summed E-state index contributed by atoms with van der Waals surface area (Å²) in [7, 11) is -3.10. The molecule has 8 heteroatoms. The Morgan fingerprint density at radius 1 is 0.958 bits per heavy atom. The summed E-state index contributed by atoms with van der Waals surface area (Å²) < 4.78 is 25.5. The lowest BCUT2D eigenvalue weighted by atomic mass is 10.1. The molecule has 134 valence electrons. The third-order valence-corrected chi connectivity index (χ3v) is 6.67. The van der Waals surface area contributed by atoms with E-state index in [2.05, 4.69) is 14.8 Å². The Labute approximate surface area is 144 Å². The minimum absolute atomic E-state index is 0.160. The fraction of sp³-hybridized carbons (Fsp3) is 0.750. The Hall–Kier alpha value is -1.41. The molecule has 7 nitrogen and oxygen atoms in total. The quantitative estimate of drug-likeness (QED) is 0.811. The van der Waals surface area contributed by atoms with E-state index >= 15 is 0 Å². The zero-order chi connectivity index (χ0) is 17.2. The molecule has 0 atom stereocenters. The van der Waals surface area contributed by atoms with Gasteiger partial charge in [0.25, 0.3) is 0 Å². The van der Waals surface area contributed by atoms with Crippen LogP contribution >= 0.6 is 0 Å². The third kappa shape index (κ3) is 3.80. The van der Waals surface area contributed by atoms with E-state index in [4.69, 9.17) is 4.98 Å². The largest absolute Gasteiger partial charge is 0.356 e. The average Bonchev–Trinajstić information content (AvgIpc) is 2.62. The lowest BCUT2D eigenvalue weighted by Gasteiger charge is -2.34. The van der Waals surface area contributed by atoms with E-state index in [1.165, 1.54) is 19.3 Å². The highest BCUT2D eigenvalue weighted by atomic mass is 32.2. The molecular formula is C16H27N5O2S. The zero-order valence-electron chi connectivity index (χ0n) is 14.6. The number of hydrogen-bond acceptors (Lipinski definition) is 6. The topological polar surface area (TPSA) is 69.6 Å². The van der Waals surface area contributed by atoms with Crippen molar-refractivity contribution in [1.29, 1.82) is 0 Å². The Bertz CT molecular complexity index is 665. The standard InChI is InChI=1S/C16H27N5O2S/c1-3-24(22,23)21-11-9-20(10-12-21)16-17-14(2)13-15(18-16)19-7-5-4-6-8-19/h13H,3-12H2,1-2H3. The Kier molecular flexibility index (Phi) is 5.24. The van der Waals surface area contributed by atoms with Crippen LogP contribution in [-0.4, -0.2) is 67.7 Å². The van der Waals surface area contributed by atoms with E-state index in [0.29, 0.717) is 26.2 Å². The van der Waals surface area contributed by atoms with Crippen LogP contribution in [0, 0.1) is 6.92 Å². The van der Waals surface area contributed by atoms with Crippen LogP contribution in [0.25, 0.3) is 0 Å². The molecule has 3 heterocycles. The summed E-state index contributed by atoms with van der Waals surface area (Å²) >= 11 is 0. The van der Waals surface area contributed by atoms with Crippen LogP contribution in [0.5, 0.6) is 0 Å². The third-order valence-electron chi connectivity index (χ3n) is 4.79. The Balaban J connectivity index is 1.72. The van der Waals surface area contributed by atoms with E-state index in [1.807, 2.05) is 13.0 Å². The van der Waals surface area contributed by atoms with Crippen LogP contribution in [0.3, 0.4) is 0 Å². The van der Waals surface area contributed by atoms with Gasteiger partial charge in [0, 0.05) is 51.0 Å². The number of sulfonamides is 1. The normalized spacial score (nSPS) is 20.4. The fourth-order valence-electron chi connectivity index (χ4n) is 3.31. The number of piperidine rings is 1. The van der Waals surface area contributed by atoms with Crippen molar-refractivity contribution in [3.8, 4) is 0 Å². The first-order valence-electron chi connectivity index (χ1n) is 8.83. The number of piperazine rings is 1. The van der Waals surface area contributed by atoms with Gasteiger partial charge < -0.3 is 9.80 Å². The number of hydrogen-bond donors (Lipinski definition) is 0. The van der Waals surface area contributed by atoms with Gasteiger partial charge in [-0.15, -0.1) is 0 Å². The molecule has 2 aliphatic heterocycles. The molecule has 0 aromatic carbocycles. The summed E-state index contributed by atoms with van der Waals surface area (Å²) in [5.41, 5.74) is 0.962. The predicted octanol–water partition coefficient (Wildman–Crippen LogP) is 1.25. The van der Waals surface area contributed by atoms with Gasteiger partial charge in [0.2, 0.25) is 16.0 Å². The zero-order valence-corrected chi connectivity index (χ0v) is 15.4. The van der Waals surface area contributed by atoms with Crippen molar-refractivity contribution < 1.29 is 8.42 Å². The molecule has 24 heavy (non-hydrogen) atoms. The molecule has 0 bridgehead atoms. The summed E-state index contributed by atoms with van der Waals surface area (Å²) in [5.74, 6) is 1.89. The van der Waals surface area contributed by atoms with Crippen LogP contribution in [0.15, 0.2) is 6.07 Å². The van der Waals surface area contributed by atoms with Gasteiger partial charge in [-0.05, 0) is 33.1 Å². The maximum atomic E-state index is 12.0. The summed E-state index contributed by atoms with van der Waals surface area (Å²) in [6.07, 6.45) is 3.72. The lowest BCUT2D eigenvalue weighted by molar-refractivity contribution is 0.383. The van der Waals surface area contributed by atoms with Crippen molar-refractivity contribution in [3.63, 3.8) is 0 Å². The number of rotatable bonds is 4. The Morgan fingerprint density at radius 2 is 1.62 bits per heavy atom. The van der Waals surface area contributed by atoms with Gasteiger partial charge in [-0.25, -0.2) is 13.4 Å². The molecule has 1 aromatic heterocycles. The smallest absolute Gasteiger partial charge is 0.227 e. The monoisotopic (exact) mass is 353 g/mol. The number of nitrogens with zero attached hydrogens (tertiary/aromatic N) is 5. The van der Waals surface area contributed by atoms with Gasteiger partial charge in [0.1, 0.15) is 5.82 Å². The van der Waals surface area contributed by atoms with E-state index < -0.39 is 10.0 Å². The highest BCUT2D eigenvalue weighted by Crippen LogP contribution is 2.22. The second kappa shape index (κ2) is 7.23. The van der Waals surface area contributed by atoms with Crippen molar-refractivity contribution >= 4 is 21.8 Å². The number of aromatic nitrogens is 2. The molecule has 0 radical (unpaired) electrons. The van der Waals surface area contributed by atoms with Gasteiger partial charge in [0.05, 0.1) is 5.75 Å². The molecule has 0 saturated carbocycles. The maximum Gasteiger partial charge on any atom is 0.227 e. The van der Waals surface area contributed by atoms with Gasteiger partial charge in [-0.1, -0.05) is 0 Å². The van der Waals surface area contributed by atoms with Crippen molar-refractivity contribution in [3.05, 3.63) is 11.8 Å². The minimum atomic E-state index is -3.10. The van der Waals surface area contributed by atoms with E-state index in [1.54, 1.807) is 11.2 Å².